The third kappa shape index (κ3) is 4.13. The molecule has 1 aromatic heterocycles. The third-order valence-electron chi connectivity index (χ3n) is 4.29. The van der Waals surface area contributed by atoms with Crippen LogP contribution in [0.4, 0.5) is 10.8 Å². The average molecular weight is 424 g/mol. The minimum absolute atomic E-state index is 0.174. The van der Waals surface area contributed by atoms with Crippen LogP contribution in [0.15, 0.2) is 77.7 Å². The van der Waals surface area contributed by atoms with E-state index in [9.17, 15) is 13.2 Å². The third-order valence-corrected chi connectivity index (χ3v) is 6.63. The highest BCUT2D eigenvalue weighted by Crippen LogP contribution is 2.28. The van der Waals surface area contributed by atoms with Gasteiger partial charge in [-0.3, -0.25) is 14.8 Å². The van der Waals surface area contributed by atoms with Crippen molar-refractivity contribution in [3.63, 3.8) is 0 Å². The Kier molecular flexibility index (Phi) is 5.04. The number of sulfonamides is 1. The number of nitrogens with one attached hydrogen (secondary N) is 2. The average Bonchev–Trinajstić information content (AvgIpc) is 3.13. The normalized spacial score (nSPS) is 11.3. The van der Waals surface area contributed by atoms with Crippen LogP contribution in [0.25, 0.3) is 10.2 Å². The molecule has 3 aromatic carbocycles. The smallest absolute Gasteiger partial charge is 0.261 e. The highest BCUT2D eigenvalue weighted by atomic mass is 32.2. The van der Waals surface area contributed by atoms with Gasteiger partial charge in [0.05, 0.1) is 15.1 Å². The first-order valence-electron chi connectivity index (χ1n) is 8.78. The SMILES string of the molecule is Cc1cccc2sc(NC(=O)c3ccc(NS(=O)(=O)c4ccccc4)cc3)nc12. The zero-order chi connectivity index (χ0) is 20.4. The fraction of sp³-hybridized carbons (Fsp3) is 0.0476. The van der Waals surface area contributed by atoms with E-state index in [1.165, 1.54) is 23.5 Å². The van der Waals surface area contributed by atoms with Crippen molar-refractivity contribution in [2.75, 3.05) is 10.0 Å². The lowest BCUT2D eigenvalue weighted by Crippen LogP contribution is -2.14. The number of amides is 1. The molecule has 0 aliphatic rings. The monoisotopic (exact) mass is 423 g/mol. The predicted molar refractivity (Wildman–Crippen MR) is 116 cm³/mol. The van der Waals surface area contributed by atoms with E-state index in [1.807, 2.05) is 25.1 Å². The number of thiazole rings is 1. The van der Waals surface area contributed by atoms with Gasteiger partial charge in [-0.25, -0.2) is 13.4 Å². The number of para-hydroxylation sites is 1. The van der Waals surface area contributed by atoms with Crippen LogP contribution in [-0.2, 0) is 10.0 Å². The lowest BCUT2D eigenvalue weighted by molar-refractivity contribution is 0.102. The van der Waals surface area contributed by atoms with Gasteiger partial charge in [0.1, 0.15) is 0 Å². The minimum atomic E-state index is -3.67. The summed E-state index contributed by atoms with van der Waals surface area (Å²) in [6, 6.07) is 20.2. The summed E-state index contributed by atoms with van der Waals surface area (Å²) >= 11 is 1.41. The Morgan fingerprint density at radius 1 is 0.931 bits per heavy atom. The van der Waals surface area contributed by atoms with Gasteiger partial charge in [0.2, 0.25) is 0 Å². The molecule has 0 saturated carbocycles. The minimum Gasteiger partial charge on any atom is -0.298 e. The number of rotatable bonds is 5. The second-order valence-corrected chi connectivity index (χ2v) is 9.10. The molecule has 4 rings (SSSR count). The summed E-state index contributed by atoms with van der Waals surface area (Å²) in [4.78, 5) is 17.2. The molecule has 0 spiro atoms. The Labute approximate surface area is 172 Å². The van der Waals surface area contributed by atoms with Gasteiger partial charge >= 0.3 is 0 Å². The number of hydrogen-bond donors (Lipinski definition) is 2. The summed E-state index contributed by atoms with van der Waals surface area (Å²) in [5, 5.41) is 3.32. The lowest BCUT2D eigenvalue weighted by atomic mass is 10.2. The molecule has 29 heavy (non-hydrogen) atoms. The van der Waals surface area contributed by atoms with Crippen LogP contribution in [0, 0.1) is 6.92 Å². The second kappa shape index (κ2) is 7.65. The van der Waals surface area contributed by atoms with Crippen molar-refractivity contribution in [2.45, 2.75) is 11.8 Å². The number of hydrogen-bond acceptors (Lipinski definition) is 5. The van der Waals surface area contributed by atoms with Gasteiger partial charge in [0.25, 0.3) is 15.9 Å². The van der Waals surface area contributed by atoms with Gasteiger partial charge in [-0.1, -0.05) is 41.7 Å². The van der Waals surface area contributed by atoms with Crippen LogP contribution < -0.4 is 10.0 Å². The first-order valence-corrected chi connectivity index (χ1v) is 11.1. The predicted octanol–water partition coefficient (Wildman–Crippen LogP) is 4.66. The molecule has 0 radical (unpaired) electrons. The van der Waals surface area contributed by atoms with Crippen molar-refractivity contribution in [3.05, 3.63) is 83.9 Å². The van der Waals surface area contributed by atoms with Crippen LogP contribution >= 0.6 is 11.3 Å². The summed E-state index contributed by atoms with van der Waals surface area (Å²) in [7, 11) is -3.67. The Morgan fingerprint density at radius 2 is 1.66 bits per heavy atom. The molecule has 1 heterocycles. The maximum Gasteiger partial charge on any atom is 0.261 e. The summed E-state index contributed by atoms with van der Waals surface area (Å²) in [6.07, 6.45) is 0. The fourth-order valence-electron chi connectivity index (χ4n) is 2.81. The number of fused-ring (bicyclic) bond motifs is 1. The number of benzene rings is 3. The van der Waals surface area contributed by atoms with Crippen LogP contribution in [0.1, 0.15) is 15.9 Å². The van der Waals surface area contributed by atoms with Crippen LogP contribution in [0.2, 0.25) is 0 Å². The highest BCUT2D eigenvalue weighted by Gasteiger charge is 2.15. The number of carbonyl (C=O) groups excluding carboxylic acids is 1. The zero-order valence-electron chi connectivity index (χ0n) is 15.4. The zero-order valence-corrected chi connectivity index (χ0v) is 17.0. The van der Waals surface area contributed by atoms with Gasteiger partial charge in [-0.15, -0.1) is 0 Å². The van der Waals surface area contributed by atoms with E-state index in [2.05, 4.69) is 15.0 Å². The number of aromatic nitrogens is 1. The van der Waals surface area contributed by atoms with Gasteiger partial charge in [0.15, 0.2) is 5.13 Å². The molecule has 0 atom stereocenters. The molecule has 0 fully saturated rings. The van der Waals surface area contributed by atoms with E-state index < -0.39 is 10.0 Å². The van der Waals surface area contributed by atoms with Gasteiger partial charge in [-0.2, -0.15) is 0 Å². The van der Waals surface area contributed by atoms with E-state index in [0.717, 1.165) is 15.8 Å². The van der Waals surface area contributed by atoms with Crippen molar-refractivity contribution in [2.24, 2.45) is 0 Å². The molecular weight excluding hydrogens is 406 g/mol. The van der Waals surface area contributed by atoms with Crippen LogP contribution in [-0.4, -0.2) is 19.3 Å². The second-order valence-electron chi connectivity index (χ2n) is 6.39. The summed E-state index contributed by atoms with van der Waals surface area (Å²) in [5.41, 5.74) is 2.71. The molecular formula is C21H17N3O3S2. The molecule has 0 saturated heterocycles. The van der Waals surface area contributed by atoms with Crippen LogP contribution in [0.5, 0.6) is 0 Å². The maximum atomic E-state index is 12.5. The molecule has 0 aliphatic heterocycles. The number of aryl methyl sites for hydroxylation is 1. The summed E-state index contributed by atoms with van der Waals surface area (Å²) in [5.74, 6) is -0.306. The summed E-state index contributed by atoms with van der Waals surface area (Å²) < 4.78 is 28.3. The number of anilines is 2. The first-order chi connectivity index (χ1) is 13.9. The summed E-state index contributed by atoms with van der Waals surface area (Å²) in [6.45, 7) is 1.98. The van der Waals surface area contributed by atoms with E-state index in [4.69, 9.17) is 0 Å². The number of nitrogens with zero attached hydrogens (tertiary/aromatic N) is 1. The van der Waals surface area contributed by atoms with Crippen molar-refractivity contribution in [1.29, 1.82) is 0 Å². The molecule has 0 aliphatic carbocycles. The standard InChI is InChI=1S/C21H17N3O3S2/c1-14-6-5-9-18-19(14)22-21(28-18)23-20(25)15-10-12-16(13-11-15)24-29(26,27)17-7-3-2-4-8-17/h2-13,24H,1H3,(H,22,23,25). The van der Waals surface area contributed by atoms with E-state index in [1.54, 1.807) is 42.5 Å². The van der Waals surface area contributed by atoms with E-state index >= 15 is 0 Å². The fourth-order valence-corrected chi connectivity index (χ4v) is 4.83. The Bertz CT molecular complexity index is 1280. The van der Waals surface area contributed by atoms with E-state index in [0.29, 0.717) is 16.4 Å². The van der Waals surface area contributed by atoms with Crippen molar-refractivity contribution in [1.82, 2.24) is 4.98 Å². The number of carbonyl (C=O) groups is 1. The van der Waals surface area contributed by atoms with Crippen LogP contribution in [0.3, 0.4) is 0 Å². The molecule has 6 nitrogen and oxygen atoms in total. The van der Waals surface area contributed by atoms with E-state index in [-0.39, 0.29) is 10.8 Å². The molecule has 146 valence electrons. The quantitative estimate of drug-likeness (QED) is 0.489. The molecule has 8 heteroatoms. The molecule has 2 N–H and O–H groups in total. The van der Waals surface area contributed by atoms with Gasteiger partial charge < -0.3 is 0 Å². The highest BCUT2D eigenvalue weighted by molar-refractivity contribution is 7.92. The van der Waals surface area contributed by atoms with Crippen molar-refractivity contribution in [3.8, 4) is 0 Å². The first kappa shape index (κ1) is 19.1. The molecule has 0 bridgehead atoms. The largest absolute Gasteiger partial charge is 0.298 e. The Balaban J connectivity index is 1.48. The lowest BCUT2D eigenvalue weighted by Gasteiger charge is -2.08. The maximum absolute atomic E-state index is 12.5. The molecule has 1 amide bonds. The Morgan fingerprint density at radius 3 is 2.34 bits per heavy atom. The molecule has 4 aromatic rings. The topological polar surface area (TPSA) is 88.2 Å². The van der Waals surface area contributed by atoms with Crippen molar-refractivity contribution < 1.29 is 13.2 Å². The van der Waals surface area contributed by atoms with Gasteiger partial charge in [0, 0.05) is 11.3 Å². The van der Waals surface area contributed by atoms with Crippen molar-refractivity contribution >= 4 is 48.3 Å². The van der Waals surface area contributed by atoms with Gasteiger partial charge in [-0.05, 0) is 55.0 Å². The Hall–Kier alpha value is -3.23. The molecule has 0 unspecified atom stereocenters.